The Bertz CT molecular complexity index is 410. The van der Waals surface area contributed by atoms with Gasteiger partial charge in [0.15, 0.2) is 0 Å². The van der Waals surface area contributed by atoms with E-state index in [-0.39, 0.29) is 12.0 Å². The molecule has 1 aliphatic rings. The summed E-state index contributed by atoms with van der Waals surface area (Å²) in [6.07, 6.45) is 5.49. The molecule has 0 N–H and O–H groups in total. The van der Waals surface area contributed by atoms with Gasteiger partial charge in [0.1, 0.15) is 0 Å². The van der Waals surface area contributed by atoms with E-state index in [2.05, 4.69) is 6.92 Å². The number of nitrogens with zero attached hydrogens (tertiary/aromatic N) is 1. The highest BCUT2D eigenvalue weighted by Gasteiger charge is 2.26. The number of carbonyl (C=O) groups is 1. The van der Waals surface area contributed by atoms with Gasteiger partial charge in [0.2, 0.25) is 5.91 Å². The van der Waals surface area contributed by atoms with Gasteiger partial charge in [-0.3, -0.25) is 4.79 Å². The molecule has 1 saturated heterocycles. The number of carbonyl (C=O) groups excluding carboxylic acids is 1. The van der Waals surface area contributed by atoms with Gasteiger partial charge < -0.3 is 9.64 Å². The molecule has 1 aromatic rings. The normalized spacial score (nSPS) is 17.9. The van der Waals surface area contributed by atoms with Crippen LogP contribution in [0.4, 0.5) is 0 Å². The van der Waals surface area contributed by atoms with Crippen LogP contribution in [0.25, 0.3) is 0 Å². The quantitative estimate of drug-likeness (QED) is 0.721. The molecule has 3 heteroatoms. The summed E-state index contributed by atoms with van der Waals surface area (Å²) in [5.74, 6) is 0.126. The van der Waals surface area contributed by atoms with Crippen LogP contribution in [0.5, 0.6) is 0 Å². The fraction of sp³-hybridized carbons (Fsp3) is 0.400. The maximum atomic E-state index is 12.2. The van der Waals surface area contributed by atoms with E-state index in [1.165, 1.54) is 0 Å². The van der Waals surface area contributed by atoms with Crippen molar-refractivity contribution < 1.29 is 9.53 Å². The predicted octanol–water partition coefficient (Wildman–Crippen LogP) is 2.38. The second-order valence-corrected chi connectivity index (χ2v) is 4.46. The largest absolute Gasteiger partial charge is 0.371 e. The van der Waals surface area contributed by atoms with E-state index in [1.54, 1.807) is 4.90 Å². The summed E-state index contributed by atoms with van der Waals surface area (Å²) >= 11 is 0. The van der Waals surface area contributed by atoms with Crippen molar-refractivity contribution >= 4 is 5.91 Å². The Labute approximate surface area is 108 Å². The minimum absolute atomic E-state index is 0.126. The Morgan fingerprint density at radius 3 is 2.78 bits per heavy atom. The number of epoxide rings is 1. The molecule has 1 heterocycles. The summed E-state index contributed by atoms with van der Waals surface area (Å²) < 4.78 is 5.19. The fourth-order valence-electron chi connectivity index (χ4n) is 1.74. The van der Waals surface area contributed by atoms with Crippen molar-refractivity contribution in [3.63, 3.8) is 0 Å². The van der Waals surface area contributed by atoms with Crippen LogP contribution in [0.2, 0.25) is 0 Å². The number of hydrogen-bond donors (Lipinski definition) is 0. The topological polar surface area (TPSA) is 32.8 Å². The van der Waals surface area contributed by atoms with Crippen LogP contribution in [0.3, 0.4) is 0 Å². The number of ether oxygens (including phenoxy) is 1. The highest BCUT2D eigenvalue weighted by Crippen LogP contribution is 2.13. The molecule has 1 amide bonds. The Hall–Kier alpha value is -1.61. The Balaban J connectivity index is 1.95. The summed E-state index contributed by atoms with van der Waals surface area (Å²) in [6, 6.07) is 9.83. The lowest BCUT2D eigenvalue weighted by Gasteiger charge is -2.17. The zero-order valence-electron chi connectivity index (χ0n) is 10.7. The molecule has 1 aromatic carbocycles. The van der Waals surface area contributed by atoms with E-state index in [0.717, 1.165) is 18.6 Å². The Morgan fingerprint density at radius 1 is 1.44 bits per heavy atom. The minimum atomic E-state index is 0.126. The number of hydrogen-bond acceptors (Lipinski definition) is 2. The van der Waals surface area contributed by atoms with Gasteiger partial charge >= 0.3 is 0 Å². The van der Waals surface area contributed by atoms with Crippen LogP contribution in [0, 0.1) is 0 Å². The molecule has 96 valence electrons. The lowest BCUT2D eigenvalue weighted by molar-refractivity contribution is -0.128. The summed E-state index contributed by atoms with van der Waals surface area (Å²) in [5.41, 5.74) is 1.05. The average Bonchev–Trinajstić information content (AvgIpc) is 3.19. The molecule has 0 radical (unpaired) electrons. The first-order valence-electron chi connectivity index (χ1n) is 6.41. The molecule has 1 fully saturated rings. The van der Waals surface area contributed by atoms with Crippen molar-refractivity contribution in [2.45, 2.75) is 25.9 Å². The van der Waals surface area contributed by atoms with Crippen LogP contribution in [0.15, 0.2) is 42.6 Å². The average molecular weight is 245 g/mol. The summed E-state index contributed by atoms with van der Waals surface area (Å²) in [5, 5.41) is 0. The molecule has 3 nitrogen and oxygen atoms in total. The van der Waals surface area contributed by atoms with Crippen molar-refractivity contribution in [3.05, 3.63) is 48.2 Å². The van der Waals surface area contributed by atoms with E-state index in [9.17, 15) is 4.79 Å². The standard InChI is InChI=1S/C15H19NO2/c1-2-3-9-16(11-14-12-18-14)15(17)10-13-7-5-4-6-8-13/h3-9,14H,2,10-12H2,1H3. The number of rotatable bonds is 6. The molecular formula is C15H19NO2. The molecule has 0 aliphatic carbocycles. The first-order valence-corrected chi connectivity index (χ1v) is 6.41. The van der Waals surface area contributed by atoms with Gasteiger partial charge in [-0.05, 0) is 12.0 Å². The molecule has 1 aliphatic heterocycles. The van der Waals surface area contributed by atoms with Crippen molar-refractivity contribution in [2.24, 2.45) is 0 Å². The number of amides is 1. The van der Waals surface area contributed by atoms with Crippen LogP contribution >= 0.6 is 0 Å². The van der Waals surface area contributed by atoms with Crippen molar-refractivity contribution in [1.82, 2.24) is 4.90 Å². The van der Waals surface area contributed by atoms with Crippen molar-refractivity contribution in [1.29, 1.82) is 0 Å². The third kappa shape index (κ3) is 4.00. The van der Waals surface area contributed by atoms with Gasteiger partial charge in [0.05, 0.1) is 25.7 Å². The van der Waals surface area contributed by atoms with E-state index in [0.29, 0.717) is 13.0 Å². The van der Waals surface area contributed by atoms with Gasteiger partial charge in [0, 0.05) is 6.20 Å². The van der Waals surface area contributed by atoms with Crippen LogP contribution in [-0.4, -0.2) is 30.1 Å². The van der Waals surface area contributed by atoms with E-state index in [4.69, 9.17) is 4.74 Å². The van der Waals surface area contributed by atoms with Gasteiger partial charge in [-0.2, -0.15) is 0 Å². The van der Waals surface area contributed by atoms with Gasteiger partial charge in [-0.25, -0.2) is 0 Å². The monoisotopic (exact) mass is 245 g/mol. The molecule has 0 bridgehead atoms. The molecule has 0 aromatic heterocycles. The summed E-state index contributed by atoms with van der Waals surface area (Å²) in [6.45, 7) is 3.50. The molecule has 1 atom stereocenters. The van der Waals surface area contributed by atoms with Crippen molar-refractivity contribution in [3.8, 4) is 0 Å². The smallest absolute Gasteiger partial charge is 0.231 e. The first kappa shape index (κ1) is 12.8. The number of allylic oxidation sites excluding steroid dienone is 1. The van der Waals surface area contributed by atoms with Crippen molar-refractivity contribution in [2.75, 3.05) is 13.2 Å². The molecule has 18 heavy (non-hydrogen) atoms. The van der Waals surface area contributed by atoms with E-state index < -0.39 is 0 Å². The number of benzene rings is 1. The van der Waals surface area contributed by atoms with Crippen LogP contribution in [-0.2, 0) is 16.0 Å². The molecular weight excluding hydrogens is 226 g/mol. The highest BCUT2D eigenvalue weighted by molar-refractivity contribution is 5.79. The zero-order valence-corrected chi connectivity index (χ0v) is 10.7. The lowest BCUT2D eigenvalue weighted by atomic mass is 10.1. The molecule has 0 spiro atoms. The second-order valence-electron chi connectivity index (χ2n) is 4.46. The third-order valence-electron chi connectivity index (χ3n) is 2.84. The van der Waals surface area contributed by atoms with Crippen LogP contribution in [0.1, 0.15) is 18.9 Å². The molecule has 2 rings (SSSR count). The summed E-state index contributed by atoms with van der Waals surface area (Å²) in [7, 11) is 0. The lowest BCUT2D eigenvalue weighted by Crippen LogP contribution is -2.30. The zero-order chi connectivity index (χ0) is 12.8. The maximum Gasteiger partial charge on any atom is 0.231 e. The minimum Gasteiger partial charge on any atom is -0.371 e. The molecule has 0 saturated carbocycles. The van der Waals surface area contributed by atoms with Gasteiger partial charge in [-0.1, -0.05) is 43.3 Å². The van der Waals surface area contributed by atoms with Gasteiger partial charge in [0.25, 0.3) is 0 Å². The molecule has 1 unspecified atom stereocenters. The maximum absolute atomic E-state index is 12.2. The predicted molar refractivity (Wildman–Crippen MR) is 71.0 cm³/mol. The SMILES string of the molecule is CCC=CN(CC1CO1)C(=O)Cc1ccccc1. The highest BCUT2D eigenvalue weighted by atomic mass is 16.6. The first-order chi connectivity index (χ1) is 8.79. The van der Waals surface area contributed by atoms with E-state index >= 15 is 0 Å². The van der Waals surface area contributed by atoms with E-state index in [1.807, 2.05) is 42.6 Å². The Kier molecular flexibility index (Phi) is 4.53. The fourth-order valence-corrected chi connectivity index (χ4v) is 1.74. The Morgan fingerprint density at radius 2 is 2.17 bits per heavy atom. The second kappa shape index (κ2) is 6.36. The van der Waals surface area contributed by atoms with Gasteiger partial charge in [-0.15, -0.1) is 0 Å². The third-order valence-corrected chi connectivity index (χ3v) is 2.84. The summed E-state index contributed by atoms with van der Waals surface area (Å²) in [4.78, 5) is 14.0. The van der Waals surface area contributed by atoms with Crippen LogP contribution < -0.4 is 0 Å².